The van der Waals surface area contributed by atoms with Gasteiger partial charge in [-0.1, -0.05) is 12.2 Å². The second-order valence-electron chi connectivity index (χ2n) is 3.91. The summed E-state index contributed by atoms with van der Waals surface area (Å²) in [6.07, 6.45) is 1.79. The molecule has 0 spiro atoms. The highest BCUT2D eigenvalue weighted by molar-refractivity contribution is 7.80. The van der Waals surface area contributed by atoms with Crippen molar-refractivity contribution >= 4 is 28.8 Å². The number of amides is 1. The minimum atomic E-state index is -0.393. The number of hydrogen-bond acceptors (Lipinski definition) is 3. The maximum atomic E-state index is 13.6. The van der Waals surface area contributed by atoms with Gasteiger partial charge in [0.2, 0.25) is 5.91 Å². The maximum absolute atomic E-state index is 13.6. The number of thiocarbonyl (C=S) groups is 1. The minimum Gasteiger partial charge on any atom is -0.389 e. The first-order chi connectivity index (χ1) is 8.50. The smallest absolute Gasteiger partial charge is 0.217 e. The fraction of sp³-hybridized carbons (Fsp3) is 0.333. The van der Waals surface area contributed by atoms with Gasteiger partial charge in [-0.3, -0.25) is 4.79 Å². The van der Waals surface area contributed by atoms with Crippen LogP contribution in [0.5, 0.6) is 0 Å². The quantitative estimate of drug-likeness (QED) is 0.518. The van der Waals surface area contributed by atoms with Crippen LogP contribution in [0.3, 0.4) is 0 Å². The fourth-order valence-electron chi connectivity index (χ4n) is 1.46. The Bertz CT molecular complexity index is 451. The van der Waals surface area contributed by atoms with Crippen LogP contribution in [0.25, 0.3) is 0 Å². The molecule has 1 aromatic carbocycles. The Morgan fingerprint density at radius 2 is 2.06 bits per heavy atom. The molecule has 1 amide bonds. The van der Waals surface area contributed by atoms with Crippen molar-refractivity contribution in [3.05, 3.63) is 29.6 Å². The molecule has 0 saturated heterocycles. The zero-order valence-corrected chi connectivity index (χ0v) is 10.7. The normalized spacial score (nSPS) is 10.1. The Kier molecular flexibility index (Phi) is 5.51. The van der Waals surface area contributed by atoms with Crippen LogP contribution >= 0.6 is 12.2 Å². The molecule has 0 bridgehead atoms. The average Bonchev–Trinajstić information content (AvgIpc) is 2.29. The summed E-state index contributed by atoms with van der Waals surface area (Å²) >= 11 is 4.76. The molecular weight excluding hydrogens is 253 g/mol. The highest BCUT2D eigenvalue weighted by Gasteiger charge is 2.04. The fourth-order valence-corrected chi connectivity index (χ4v) is 1.59. The van der Waals surface area contributed by atoms with Crippen LogP contribution < -0.4 is 16.8 Å². The van der Waals surface area contributed by atoms with Gasteiger partial charge in [0, 0.05) is 18.5 Å². The molecule has 0 atom stereocenters. The molecule has 18 heavy (non-hydrogen) atoms. The molecule has 0 fully saturated rings. The van der Waals surface area contributed by atoms with Crippen molar-refractivity contribution < 1.29 is 9.18 Å². The van der Waals surface area contributed by atoms with Gasteiger partial charge < -0.3 is 16.8 Å². The molecule has 0 aliphatic carbocycles. The number of nitrogens with one attached hydrogen (secondary N) is 1. The van der Waals surface area contributed by atoms with Crippen LogP contribution in [0, 0.1) is 5.82 Å². The second kappa shape index (κ2) is 6.90. The first-order valence-corrected chi connectivity index (χ1v) is 6.03. The monoisotopic (exact) mass is 269 g/mol. The standard InChI is InChI=1S/C12H16FN3OS/c13-9-7-8(12(15)18)4-5-10(9)16-6-2-1-3-11(14)17/h4-5,7,16H,1-3,6H2,(H2,14,17)(H2,15,18). The predicted molar refractivity (Wildman–Crippen MR) is 73.8 cm³/mol. The summed E-state index contributed by atoms with van der Waals surface area (Å²) in [7, 11) is 0. The zero-order chi connectivity index (χ0) is 13.5. The Balaban J connectivity index is 2.43. The van der Waals surface area contributed by atoms with Gasteiger partial charge in [0.15, 0.2) is 0 Å². The molecule has 0 unspecified atom stereocenters. The van der Waals surface area contributed by atoms with E-state index in [1.807, 2.05) is 0 Å². The molecule has 0 heterocycles. The van der Waals surface area contributed by atoms with Crippen LogP contribution in [0.1, 0.15) is 24.8 Å². The summed E-state index contributed by atoms with van der Waals surface area (Å²) in [6.45, 7) is 0.580. The number of rotatable bonds is 7. The SMILES string of the molecule is NC(=O)CCCCNc1ccc(C(N)=S)cc1F. The summed E-state index contributed by atoms with van der Waals surface area (Å²) in [5, 5.41) is 2.94. The van der Waals surface area contributed by atoms with E-state index in [9.17, 15) is 9.18 Å². The van der Waals surface area contributed by atoms with Gasteiger partial charge in [0.1, 0.15) is 10.8 Å². The molecule has 0 saturated carbocycles. The largest absolute Gasteiger partial charge is 0.389 e. The third-order valence-corrected chi connectivity index (χ3v) is 2.65. The Labute approximate surface area is 111 Å². The van der Waals surface area contributed by atoms with Crippen LogP contribution in [0.2, 0.25) is 0 Å². The van der Waals surface area contributed by atoms with E-state index in [1.165, 1.54) is 6.07 Å². The van der Waals surface area contributed by atoms with E-state index in [4.69, 9.17) is 23.7 Å². The third-order valence-electron chi connectivity index (χ3n) is 2.42. The van der Waals surface area contributed by atoms with Crippen LogP contribution in [0.4, 0.5) is 10.1 Å². The van der Waals surface area contributed by atoms with Crippen LogP contribution in [-0.4, -0.2) is 17.4 Å². The lowest BCUT2D eigenvalue weighted by Gasteiger charge is -2.08. The Morgan fingerprint density at radius 3 is 2.61 bits per heavy atom. The number of halogens is 1. The van der Waals surface area contributed by atoms with E-state index in [-0.39, 0.29) is 10.9 Å². The highest BCUT2D eigenvalue weighted by atomic mass is 32.1. The number of anilines is 1. The third kappa shape index (κ3) is 4.67. The van der Waals surface area contributed by atoms with Gasteiger partial charge in [0.25, 0.3) is 0 Å². The van der Waals surface area contributed by atoms with Crippen molar-refractivity contribution in [3.8, 4) is 0 Å². The van der Waals surface area contributed by atoms with Gasteiger partial charge in [-0.15, -0.1) is 0 Å². The molecule has 98 valence electrons. The molecule has 0 aromatic heterocycles. The number of hydrogen-bond donors (Lipinski definition) is 3. The molecule has 5 N–H and O–H groups in total. The van der Waals surface area contributed by atoms with Gasteiger partial charge in [-0.25, -0.2) is 4.39 Å². The lowest BCUT2D eigenvalue weighted by Crippen LogP contribution is -2.12. The summed E-state index contributed by atoms with van der Waals surface area (Å²) < 4.78 is 13.6. The van der Waals surface area contributed by atoms with Crippen molar-refractivity contribution in [2.24, 2.45) is 11.5 Å². The highest BCUT2D eigenvalue weighted by Crippen LogP contribution is 2.15. The maximum Gasteiger partial charge on any atom is 0.217 e. The predicted octanol–water partition coefficient (Wildman–Crippen LogP) is 1.53. The number of nitrogens with two attached hydrogens (primary N) is 2. The van der Waals surface area contributed by atoms with E-state index in [1.54, 1.807) is 12.1 Å². The van der Waals surface area contributed by atoms with E-state index in [0.29, 0.717) is 30.6 Å². The molecule has 0 aliphatic rings. The Hall–Kier alpha value is -1.69. The molecule has 6 heteroatoms. The van der Waals surface area contributed by atoms with Crippen molar-refractivity contribution in [1.29, 1.82) is 0 Å². The van der Waals surface area contributed by atoms with Gasteiger partial charge in [0.05, 0.1) is 5.69 Å². The van der Waals surface area contributed by atoms with E-state index < -0.39 is 5.82 Å². The first-order valence-electron chi connectivity index (χ1n) is 5.62. The average molecular weight is 269 g/mol. The first kappa shape index (κ1) is 14.4. The number of carbonyl (C=O) groups excluding carboxylic acids is 1. The van der Waals surface area contributed by atoms with E-state index in [0.717, 1.165) is 6.42 Å². The van der Waals surface area contributed by atoms with Crippen molar-refractivity contribution in [3.63, 3.8) is 0 Å². The van der Waals surface area contributed by atoms with Crippen LogP contribution in [0.15, 0.2) is 18.2 Å². The Morgan fingerprint density at radius 1 is 1.33 bits per heavy atom. The summed E-state index contributed by atoms with van der Waals surface area (Å²) in [5.74, 6) is -0.711. The number of unbranched alkanes of at least 4 members (excludes halogenated alkanes) is 1. The van der Waals surface area contributed by atoms with Crippen molar-refractivity contribution in [2.75, 3.05) is 11.9 Å². The number of carbonyl (C=O) groups is 1. The summed E-state index contributed by atoms with van der Waals surface area (Å²) in [5.41, 5.74) is 11.3. The summed E-state index contributed by atoms with van der Waals surface area (Å²) in [4.78, 5) is 10.7. The summed E-state index contributed by atoms with van der Waals surface area (Å²) in [6, 6.07) is 4.56. The lowest BCUT2D eigenvalue weighted by molar-refractivity contribution is -0.118. The number of benzene rings is 1. The zero-order valence-electron chi connectivity index (χ0n) is 9.91. The van der Waals surface area contributed by atoms with E-state index in [2.05, 4.69) is 5.32 Å². The van der Waals surface area contributed by atoms with Gasteiger partial charge in [-0.05, 0) is 31.0 Å². The molecule has 1 aromatic rings. The van der Waals surface area contributed by atoms with Gasteiger partial charge in [-0.2, -0.15) is 0 Å². The second-order valence-corrected chi connectivity index (χ2v) is 4.35. The van der Waals surface area contributed by atoms with Crippen LogP contribution in [-0.2, 0) is 4.79 Å². The molecule has 0 radical (unpaired) electrons. The lowest BCUT2D eigenvalue weighted by atomic mass is 10.2. The van der Waals surface area contributed by atoms with Gasteiger partial charge >= 0.3 is 0 Å². The molecule has 4 nitrogen and oxygen atoms in total. The van der Waals surface area contributed by atoms with Crippen molar-refractivity contribution in [1.82, 2.24) is 0 Å². The molecular formula is C12H16FN3OS. The molecule has 1 rings (SSSR count). The van der Waals surface area contributed by atoms with E-state index >= 15 is 0 Å². The number of primary amides is 1. The minimum absolute atomic E-state index is 0.168. The van der Waals surface area contributed by atoms with Crippen molar-refractivity contribution in [2.45, 2.75) is 19.3 Å². The topological polar surface area (TPSA) is 81.1 Å². The molecule has 0 aliphatic heterocycles.